The number of aryl methyl sites for hydroxylation is 3. The molecule has 0 saturated heterocycles. The van der Waals surface area contributed by atoms with Crippen molar-refractivity contribution in [3.63, 3.8) is 0 Å². The van der Waals surface area contributed by atoms with Gasteiger partial charge < -0.3 is 4.42 Å². The van der Waals surface area contributed by atoms with Crippen LogP contribution in [0.25, 0.3) is 55.1 Å². The van der Waals surface area contributed by atoms with E-state index < -0.39 is 6.85 Å². The third-order valence-corrected chi connectivity index (χ3v) is 6.36. The lowest BCUT2D eigenvalue weighted by Crippen LogP contribution is -2.30. The Morgan fingerprint density at radius 2 is 1.47 bits per heavy atom. The molecule has 2 nitrogen and oxygen atoms in total. The summed E-state index contributed by atoms with van der Waals surface area (Å²) in [6.45, 7) is -0.119. The van der Waals surface area contributed by atoms with Crippen molar-refractivity contribution in [1.29, 1.82) is 0 Å². The van der Waals surface area contributed by atoms with Crippen molar-refractivity contribution in [2.45, 2.75) is 13.8 Å². The molecule has 2 heteroatoms. The Bertz CT molecular complexity index is 1750. The van der Waals surface area contributed by atoms with Gasteiger partial charge >= 0.3 is 0 Å². The number of hydrogen-bond acceptors (Lipinski definition) is 1. The first-order chi connectivity index (χ1) is 16.8. The molecule has 0 amide bonds. The minimum atomic E-state index is -2.21. The minimum absolute atomic E-state index is 0.354. The van der Waals surface area contributed by atoms with Crippen molar-refractivity contribution >= 4 is 32.7 Å². The van der Waals surface area contributed by atoms with Gasteiger partial charge in [0.1, 0.15) is 18.2 Å². The van der Waals surface area contributed by atoms with E-state index in [9.17, 15) is 0 Å². The summed E-state index contributed by atoms with van der Waals surface area (Å²) in [7, 11) is 2.04. The lowest BCUT2D eigenvalue weighted by molar-refractivity contribution is -0.660. The van der Waals surface area contributed by atoms with E-state index in [-0.39, 0.29) is 0 Å². The van der Waals surface area contributed by atoms with Crippen LogP contribution in [0.5, 0.6) is 0 Å². The van der Waals surface area contributed by atoms with Crippen molar-refractivity contribution in [2.75, 3.05) is 0 Å². The Labute approximate surface area is 191 Å². The molecule has 154 valence electrons. The molecule has 0 N–H and O–H groups in total. The van der Waals surface area contributed by atoms with Gasteiger partial charge in [-0.05, 0) is 59.6 Å². The van der Waals surface area contributed by atoms with Crippen LogP contribution in [0.1, 0.15) is 15.2 Å². The predicted molar refractivity (Wildman–Crippen MR) is 133 cm³/mol. The van der Waals surface area contributed by atoms with Gasteiger partial charge in [-0.1, -0.05) is 54.6 Å². The maximum absolute atomic E-state index is 8.09. The first-order valence-electron chi connectivity index (χ1n) is 12.3. The molecule has 0 aliphatic heterocycles. The van der Waals surface area contributed by atoms with Crippen molar-refractivity contribution in [3.8, 4) is 22.4 Å². The molecule has 2 aromatic heterocycles. The van der Waals surface area contributed by atoms with Crippen molar-refractivity contribution in [2.24, 2.45) is 7.05 Å². The van der Waals surface area contributed by atoms with E-state index in [1.54, 1.807) is 6.07 Å². The molecule has 0 atom stereocenters. The van der Waals surface area contributed by atoms with Gasteiger partial charge in [-0.15, -0.1) is 0 Å². The first kappa shape index (κ1) is 15.8. The van der Waals surface area contributed by atoms with Crippen LogP contribution in [0.4, 0.5) is 0 Å². The third kappa shape index (κ3) is 2.84. The summed E-state index contributed by atoms with van der Waals surface area (Å²) in [6, 6.07) is 28.2. The van der Waals surface area contributed by atoms with Gasteiger partial charge in [0.25, 0.3) is 0 Å². The standard InChI is InChI=1S/C30H24NO/c1-19-16-27-26-15-20(2)25(18-29(26)32-30(27)24-12-8-7-11-23(19)24)28-17-22(13-14-31(28)3)21-9-5-4-6-10-21/h4-18H,1-3H3/q+1/i1D3. The van der Waals surface area contributed by atoms with Gasteiger partial charge in [-0.2, -0.15) is 0 Å². The van der Waals surface area contributed by atoms with Crippen LogP contribution >= 0.6 is 0 Å². The number of aromatic nitrogens is 1. The predicted octanol–water partition coefficient (Wildman–Crippen LogP) is 7.51. The summed E-state index contributed by atoms with van der Waals surface area (Å²) in [6.07, 6.45) is 2.08. The second-order valence-electron chi connectivity index (χ2n) is 8.39. The van der Waals surface area contributed by atoms with Crippen LogP contribution in [0.15, 0.2) is 95.5 Å². The Balaban J connectivity index is 1.62. The molecule has 0 radical (unpaired) electrons. The minimum Gasteiger partial charge on any atom is -0.455 e. The van der Waals surface area contributed by atoms with Crippen LogP contribution in [0.2, 0.25) is 0 Å². The molecule has 0 bridgehead atoms. The van der Waals surface area contributed by atoms with Crippen molar-refractivity contribution in [1.82, 2.24) is 0 Å². The molecule has 0 aliphatic carbocycles. The normalized spacial score (nSPS) is 13.4. The summed E-state index contributed by atoms with van der Waals surface area (Å²) >= 11 is 0. The maximum Gasteiger partial charge on any atom is 0.213 e. The highest BCUT2D eigenvalue weighted by Crippen LogP contribution is 2.38. The smallest absolute Gasteiger partial charge is 0.213 e. The van der Waals surface area contributed by atoms with Gasteiger partial charge in [0.15, 0.2) is 6.20 Å². The zero-order valence-electron chi connectivity index (χ0n) is 21.0. The highest BCUT2D eigenvalue weighted by atomic mass is 16.3. The average molecular weight is 418 g/mol. The number of benzene rings is 4. The SMILES string of the molecule is [2H]C([2H])([2H])c1cc2c3cc(C)c(-c4cc(-c5ccccc5)cc[n+]4C)cc3oc2c2ccccc12. The number of furan rings is 1. The van der Waals surface area contributed by atoms with Gasteiger partial charge in [0.05, 0.1) is 5.56 Å². The Kier molecular flexibility index (Phi) is 3.49. The van der Waals surface area contributed by atoms with Crippen LogP contribution in [0.3, 0.4) is 0 Å². The molecule has 0 saturated carbocycles. The van der Waals surface area contributed by atoms with Crippen LogP contribution in [0, 0.1) is 13.8 Å². The number of pyridine rings is 1. The molecule has 0 unspecified atom stereocenters. The van der Waals surface area contributed by atoms with E-state index in [0.29, 0.717) is 10.9 Å². The fraction of sp³-hybridized carbons (Fsp3) is 0.100. The summed E-state index contributed by atoms with van der Waals surface area (Å²) in [4.78, 5) is 0. The number of nitrogens with zero attached hydrogens (tertiary/aromatic N) is 1. The molecule has 0 fully saturated rings. The second-order valence-corrected chi connectivity index (χ2v) is 8.39. The highest BCUT2D eigenvalue weighted by Gasteiger charge is 2.19. The van der Waals surface area contributed by atoms with Crippen LogP contribution in [-0.2, 0) is 7.05 Å². The fourth-order valence-corrected chi connectivity index (χ4v) is 4.68. The topological polar surface area (TPSA) is 17.0 Å². The van der Waals surface area contributed by atoms with E-state index >= 15 is 0 Å². The molecular formula is C30H24NO+. The van der Waals surface area contributed by atoms with Gasteiger partial charge in [0, 0.05) is 32.4 Å². The Morgan fingerprint density at radius 1 is 0.719 bits per heavy atom. The molecule has 6 aromatic rings. The van der Waals surface area contributed by atoms with E-state index in [4.69, 9.17) is 8.53 Å². The second kappa shape index (κ2) is 7.06. The van der Waals surface area contributed by atoms with Crippen LogP contribution < -0.4 is 4.57 Å². The molecule has 6 rings (SSSR count). The van der Waals surface area contributed by atoms with E-state index in [0.717, 1.165) is 49.7 Å². The zero-order chi connectivity index (χ0) is 24.3. The molecule has 0 aliphatic rings. The van der Waals surface area contributed by atoms with Crippen molar-refractivity contribution < 1.29 is 13.1 Å². The first-order valence-corrected chi connectivity index (χ1v) is 10.8. The number of hydrogen-bond donors (Lipinski definition) is 0. The van der Waals surface area contributed by atoms with E-state index in [2.05, 4.69) is 54.1 Å². The highest BCUT2D eigenvalue weighted by molar-refractivity contribution is 6.16. The zero-order valence-corrected chi connectivity index (χ0v) is 18.0. The molecule has 0 spiro atoms. The van der Waals surface area contributed by atoms with Crippen molar-refractivity contribution in [3.05, 3.63) is 102 Å². The Morgan fingerprint density at radius 3 is 2.28 bits per heavy atom. The largest absolute Gasteiger partial charge is 0.455 e. The molecule has 32 heavy (non-hydrogen) atoms. The summed E-state index contributed by atoms with van der Waals surface area (Å²) in [5.74, 6) is 0. The number of fused-ring (bicyclic) bond motifs is 5. The lowest BCUT2D eigenvalue weighted by Gasteiger charge is -2.07. The third-order valence-electron chi connectivity index (χ3n) is 6.36. The Hall–Kier alpha value is -3.91. The number of rotatable bonds is 2. The van der Waals surface area contributed by atoms with Crippen LogP contribution in [-0.4, -0.2) is 0 Å². The van der Waals surface area contributed by atoms with Gasteiger partial charge in [0.2, 0.25) is 5.69 Å². The molecule has 2 heterocycles. The van der Waals surface area contributed by atoms with E-state index in [1.165, 1.54) is 5.56 Å². The fourth-order valence-electron chi connectivity index (χ4n) is 4.68. The lowest BCUT2D eigenvalue weighted by atomic mass is 9.97. The molecule has 4 aromatic carbocycles. The maximum atomic E-state index is 8.09. The quantitative estimate of drug-likeness (QED) is 0.266. The average Bonchev–Trinajstić information content (AvgIpc) is 3.21. The summed E-state index contributed by atoms with van der Waals surface area (Å²) in [5, 5.41) is 3.29. The van der Waals surface area contributed by atoms with Gasteiger partial charge in [-0.25, -0.2) is 4.57 Å². The molecular weight excluding hydrogens is 390 g/mol. The monoisotopic (exact) mass is 417 g/mol. The summed E-state index contributed by atoms with van der Waals surface area (Å²) < 4.78 is 32.8. The van der Waals surface area contributed by atoms with E-state index in [1.807, 2.05) is 49.5 Å². The van der Waals surface area contributed by atoms with Gasteiger partial charge in [-0.3, -0.25) is 0 Å². The summed E-state index contributed by atoms with van der Waals surface area (Å²) in [5.41, 5.74) is 7.41.